The van der Waals surface area contributed by atoms with Gasteiger partial charge in [0.1, 0.15) is 5.82 Å². The summed E-state index contributed by atoms with van der Waals surface area (Å²) in [5.41, 5.74) is 3.57. The Morgan fingerprint density at radius 1 is 1.19 bits per heavy atom. The topological polar surface area (TPSA) is 20.2 Å². The summed E-state index contributed by atoms with van der Waals surface area (Å²) in [5, 5.41) is 10.5. The second-order valence-corrected chi connectivity index (χ2v) is 6.63. The molecule has 0 radical (unpaired) electrons. The lowest BCUT2D eigenvalue weighted by Crippen LogP contribution is -2.28. The van der Waals surface area contributed by atoms with Crippen molar-refractivity contribution in [1.29, 1.82) is 0 Å². The highest BCUT2D eigenvalue weighted by molar-refractivity contribution is 9.10. The molecule has 0 saturated heterocycles. The normalized spacial score (nSPS) is 19.1. The fourth-order valence-electron chi connectivity index (χ4n) is 3.15. The number of rotatable bonds is 3. The Labute approximate surface area is 132 Å². The molecule has 0 amide bonds. The van der Waals surface area contributed by atoms with Gasteiger partial charge >= 0.3 is 0 Å². The Morgan fingerprint density at radius 3 is 2.76 bits per heavy atom. The Hall–Kier alpha value is -1.19. The number of halogens is 2. The summed E-state index contributed by atoms with van der Waals surface area (Å²) in [6, 6.07) is 13.1. The molecule has 1 nitrogen and oxygen atoms in total. The molecule has 0 aromatic heterocycles. The number of aryl methyl sites for hydroxylation is 1. The summed E-state index contributed by atoms with van der Waals surface area (Å²) >= 11 is 3.43. The van der Waals surface area contributed by atoms with Gasteiger partial charge in [0.2, 0.25) is 0 Å². The molecule has 21 heavy (non-hydrogen) atoms. The van der Waals surface area contributed by atoms with Gasteiger partial charge in [0, 0.05) is 4.47 Å². The van der Waals surface area contributed by atoms with Crippen LogP contribution in [0.1, 0.15) is 23.1 Å². The van der Waals surface area contributed by atoms with Gasteiger partial charge in [-0.25, -0.2) is 4.39 Å². The van der Waals surface area contributed by atoms with E-state index in [4.69, 9.17) is 0 Å². The molecule has 0 heterocycles. The molecule has 0 fully saturated rings. The van der Waals surface area contributed by atoms with Crippen LogP contribution < -0.4 is 0 Å². The summed E-state index contributed by atoms with van der Waals surface area (Å²) in [7, 11) is 0. The first-order valence-electron chi connectivity index (χ1n) is 7.32. The van der Waals surface area contributed by atoms with Gasteiger partial charge in [-0.15, -0.1) is 0 Å². The minimum Gasteiger partial charge on any atom is -0.392 e. The standard InChI is InChI=1S/C18H18BrFO/c19-17-8-7-16(20)10-15(17)11-18(21)14-6-5-12-3-1-2-4-13(12)9-14/h1-4,7-8,10,14,18,21H,5-6,9,11H2. The number of hydrogen-bond acceptors (Lipinski definition) is 1. The fraction of sp³-hybridized carbons (Fsp3) is 0.333. The van der Waals surface area contributed by atoms with Crippen LogP contribution in [0.4, 0.5) is 4.39 Å². The molecule has 2 atom stereocenters. The van der Waals surface area contributed by atoms with Crippen LogP contribution in [0.15, 0.2) is 46.9 Å². The van der Waals surface area contributed by atoms with Crippen molar-refractivity contribution in [3.63, 3.8) is 0 Å². The average molecular weight is 349 g/mol. The van der Waals surface area contributed by atoms with Crippen LogP contribution in [0.2, 0.25) is 0 Å². The quantitative estimate of drug-likeness (QED) is 0.876. The lowest BCUT2D eigenvalue weighted by Gasteiger charge is -2.28. The first-order valence-corrected chi connectivity index (χ1v) is 8.11. The highest BCUT2D eigenvalue weighted by Crippen LogP contribution is 2.30. The molecule has 0 aliphatic heterocycles. The first kappa shape index (κ1) is 14.7. The summed E-state index contributed by atoms with van der Waals surface area (Å²) in [4.78, 5) is 0. The lowest BCUT2D eigenvalue weighted by atomic mass is 9.79. The van der Waals surface area contributed by atoms with Crippen molar-refractivity contribution in [2.24, 2.45) is 5.92 Å². The predicted molar refractivity (Wildman–Crippen MR) is 85.8 cm³/mol. The van der Waals surface area contributed by atoms with Gasteiger partial charge < -0.3 is 5.11 Å². The third-order valence-corrected chi connectivity index (χ3v) is 5.14. The SMILES string of the molecule is OC(Cc1cc(F)ccc1Br)C1CCc2ccccc2C1. The van der Waals surface area contributed by atoms with Crippen LogP contribution in [-0.4, -0.2) is 11.2 Å². The number of aliphatic hydroxyl groups excluding tert-OH is 1. The van der Waals surface area contributed by atoms with Gasteiger partial charge in [-0.2, -0.15) is 0 Å². The Morgan fingerprint density at radius 2 is 1.95 bits per heavy atom. The molecule has 2 aromatic rings. The van der Waals surface area contributed by atoms with Gasteiger partial charge in [0.25, 0.3) is 0 Å². The van der Waals surface area contributed by atoms with Gasteiger partial charge in [-0.1, -0.05) is 40.2 Å². The van der Waals surface area contributed by atoms with Crippen LogP contribution in [0, 0.1) is 11.7 Å². The Balaban J connectivity index is 1.72. The van der Waals surface area contributed by atoms with Crippen LogP contribution in [0.25, 0.3) is 0 Å². The molecule has 0 saturated carbocycles. The summed E-state index contributed by atoms with van der Waals surface area (Å²) in [6.45, 7) is 0. The monoisotopic (exact) mass is 348 g/mol. The maximum atomic E-state index is 13.3. The van der Waals surface area contributed by atoms with E-state index in [2.05, 4.69) is 40.2 Å². The number of benzene rings is 2. The molecule has 1 N–H and O–H groups in total. The third-order valence-electron chi connectivity index (χ3n) is 4.37. The van der Waals surface area contributed by atoms with Gasteiger partial charge in [-0.3, -0.25) is 0 Å². The zero-order chi connectivity index (χ0) is 14.8. The zero-order valence-electron chi connectivity index (χ0n) is 11.7. The minimum atomic E-state index is -0.434. The molecule has 2 aromatic carbocycles. The van der Waals surface area contributed by atoms with E-state index in [0.29, 0.717) is 6.42 Å². The van der Waals surface area contributed by atoms with Crippen molar-refractivity contribution >= 4 is 15.9 Å². The molecule has 2 unspecified atom stereocenters. The van der Waals surface area contributed by atoms with Crippen molar-refractivity contribution in [3.8, 4) is 0 Å². The average Bonchev–Trinajstić information content (AvgIpc) is 2.50. The smallest absolute Gasteiger partial charge is 0.123 e. The zero-order valence-corrected chi connectivity index (χ0v) is 13.3. The number of fused-ring (bicyclic) bond motifs is 1. The fourth-order valence-corrected chi connectivity index (χ4v) is 3.55. The maximum Gasteiger partial charge on any atom is 0.123 e. The minimum absolute atomic E-state index is 0.245. The van der Waals surface area contributed by atoms with E-state index in [0.717, 1.165) is 29.3 Å². The van der Waals surface area contributed by atoms with Crippen LogP contribution in [0.5, 0.6) is 0 Å². The molecule has 3 rings (SSSR count). The summed E-state index contributed by atoms with van der Waals surface area (Å²) < 4.78 is 14.2. The van der Waals surface area contributed by atoms with E-state index in [-0.39, 0.29) is 11.7 Å². The van der Waals surface area contributed by atoms with E-state index in [1.807, 2.05) is 0 Å². The van der Waals surface area contributed by atoms with Crippen molar-refractivity contribution in [3.05, 3.63) is 69.4 Å². The second kappa shape index (κ2) is 6.29. The highest BCUT2D eigenvalue weighted by Gasteiger charge is 2.25. The molecule has 0 bridgehead atoms. The van der Waals surface area contributed by atoms with Crippen LogP contribution in [0.3, 0.4) is 0 Å². The van der Waals surface area contributed by atoms with Gasteiger partial charge in [-0.05, 0) is 66.5 Å². The van der Waals surface area contributed by atoms with Gasteiger partial charge in [0.15, 0.2) is 0 Å². The Bertz CT molecular complexity index is 641. The van der Waals surface area contributed by atoms with E-state index in [1.54, 1.807) is 6.07 Å². The second-order valence-electron chi connectivity index (χ2n) is 5.78. The first-order chi connectivity index (χ1) is 10.1. The van der Waals surface area contributed by atoms with Gasteiger partial charge in [0.05, 0.1) is 6.10 Å². The van der Waals surface area contributed by atoms with E-state index in [1.165, 1.54) is 23.3 Å². The Kier molecular flexibility index (Phi) is 4.41. The molecule has 110 valence electrons. The predicted octanol–water partition coefficient (Wildman–Crippen LogP) is 4.30. The summed E-state index contributed by atoms with van der Waals surface area (Å²) in [5.74, 6) is -0.00976. The molecule has 1 aliphatic carbocycles. The molecular weight excluding hydrogens is 331 g/mol. The maximum absolute atomic E-state index is 13.3. The van der Waals surface area contributed by atoms with Crippen molar-refractivity contribution in [1.82, 2.24) is 0 Å². The molecule has 1 aliphatic rings. The highest BCUT2D eigenvalue weighted by atomic mass is 79.9. The largest absolute Gasteiger partial charge is 0.392 e. The van der Waals surface area contributed by atoms with Crippen LogP contribution in [-0.2, 0) is 19.3 Å². The number of hydrogen-bond donors (Lipinski definition) is 1. The third kappa shape index (κ3) is 3.35. The van der Waals surface area contributed by atoms with Crippen LogP contribution >= 0.6 is 15.9 Å². The van der Waals surface area contributed by atoms with Crippen molar-refractivity contribution < 1.29 is 9.50 Å². The molecule has 0 spiro atoms. The molecule has 3 heteroatoms. The molecular formula is C18H18BrFO. The van der Waals surface area contributed by atoms with E-state index >= 15 is 0 Å². The van der Waals surface area contributed by atoms with Crippen molar-refractivity contribution in [2.75, 3.05) is 0 Å². The van der Waals surface area contributed by atoms with E-state index in [9.17, 15) is 9.50 Å². The summed E-state index contributed by atoms with van der Waals surface area (Å²) in [6.07, 6.45) is 2.97. The number of aliphatic hydroxyl groups is 1. The van der Waals surface area contributed by atoms with Crippen molar-refractivity contribution in [2.45, 2.75) is 31.8 Å². The lowest BCUT2D eigenvalue weighted by molar-refractivity contribution is 0.0991. The van der Waals surface area contributed by atoms with E-state index < -0.39 is 6.10 Å².